The molecule has 0 spiro atoms. The Bertz CT molecular complexity index is 542. The fraction of sp³-hybridized carbons (Fsp3) is 0.611. The number of β-amino-alcohol motifs (C(OH)–C–C–N with tert-alkyl or cyclic N) is 1. The Kier molecular flexibility index (Phi) is 5.76. The van der Waals surface area contributed by atoms with Gasteiger partial charge in [0, 0.05) is 18.6 Å². The predicted molar refractivity (Wildman–Crippen MR) is 88.4 cm³/mol. The molecule has 1 atom stereocenters. The maximum absolute atomic E-state index is 13.4. The Hall–Kier alpha value is -1.46. The molecule has 0 aromatic heterocycles. The molecule has 128 valence electrons. The smallest absolute Gasteiger partial charge is 0.237 e. The van der Waals surface area contributed by atoms with Gasteiger partial charge in [0.25, 0.3) is 0 Å². The molecule has 1 unspecified atom stereocenters. The highest BCUT2D eigenvalue weighted by Crippen LogP contribution is 2.19. The molecule has 1 amide bonds. The van der Waals surface area contributed by atoms with Crippen LogP contribution in [0.2, 0.25) is 0 Å². The number of amides is 1. The lowest BCUT2D eigenvalue weighted by atomic mass is 10.0. The fourth-order valence-corrected chi connectivity index (χ4v) is 2.97. The topological polar surface area (TPSA) is 43.8 Å². The number of benzene rings is 1. The van der Waals surface area contributed by atoms with Gasteiger partial charge in [-0.15, -0.1) is 0 Å². The normalized spacial score (nSPS) is 19.6. The van der Waals surface area contributed by atoms with E-state index in [1.807, 2.05) is 31.7 Å². The van der Waals surface area contributed by atoms with Gasteiger partial charge in [0.1, 0.15) is 5.82 Å². The first-order valence-electron chi connectivity index (χ1n) is 8.21. The molecule has 0 radical (unpaired) electrons. The van der Waals surface area contributed by atoms with E-state index in [0.717, 1.165) is 24.9 Å². The Morgan fingerprint density at radius 1 is 1.43 bits per heavy atom. The molecule has 23 heavy (non-hydrogen) atoms. The van der Waals surface area contributed by atoms with Crippen molar-refractivity contribution in [1.29, 1.82) is 0 Å². The second kappa shape index (κ2) is 7.41. The molecule has 0 saturated carbocycles. The van der Waals surface area contributed by atoms with Gasteiger partial charge >= 0.3 is 0 Å². The first-order chi connectivity index (χ1) is 10.8. The monoisotopic (exact) mass is 322 g/mol. The van der Waals surface area contributed by atoms with Crippen LogP contribution in [0.15, 0.2) is 24.3 Å². The van der Waals surface area contributed by atoms with E-state index in [1.54, 1.807) is 11.0 Å². The zero-order valence-corrected chi connectivity index (χ0v) is 14.3. The number of hydrogen-bond acceptors (Lipinski definition) is 3. The number of aliphatic hydroxyl groups is 1. The lowest BCUT2D eigenvalue weighted by Gasteiger charge is -2.38. The van der Waals surface area contributed by atoms with Gasteiger partial charge in [-0.05, 0) is 57.9 Å². The zero-order chi connectivity index (χ0) is 17.0. The minimum atomic E-state index is -0.349. The number of carbonyl (C=O) groups excluding carboxylic acids is 1. The Morgan fingerprint density at radius 3 is 2.78 bits per heavy atom. The van der Waals surface area contributed by atoms with E-state index in [4.69, 9.17) is 0 Å². The highest BCUT2D eigenvalue weighted by Gasteiger charge is 2.29. The second-order valence-electron chi connectivity index (χ2n) is 7.31. The molecule has 1 heterocycles. The fourth-order valence-electron chi connectivity index (χ4n) is 2.97. The molecule has 1 fully saturated rings. The molecule has 5 heteroatoms. The molecule has 1 aromatic carbocycles. The van der Waals surface area contributed by atoms with Crippen molar-refractivity contribution in [3.05, 3.63) is 35.6 Å². The van der Waals surface area contributed by atoms with Crippen LogP contribution >= 0.6 is 0 Å². The van der Waals surface area contributed by atoms with Gasteiger partial charge in [-0.1, -0.05) is 12.1 Å². The van der Waals surface area contributed by atoms with Crippen LogP contribution in [0.25, 0.3) is 0 Å². The average molecular weight is 322 g/mol. The van der Waals surface area contributed by atoms with Crippen molar-refractivity contribution in [3.8, 4) is 0 Å². The summed E-state index contributed by atoms with van der Waals surface area (Å²) in [5, 5.41) is 9.75. The van der Waals surface area contributed by atoms with E-state index in [-0.39, 0.29) is 23.4 Å². The van der Waals surface area contributed by atoms with E-state index in [2.05, 4.69) is 0 Å². The standard InChI is InChI=1S/C18H27FN2O2/c1-18(2,3)21(11-14-6-4-7-15(19)10-14)17(23)13-20-9-5-8-16(22)12-20/h4,6-7,10,16,22H,5,8-9,11-13H2,1-3H3. The number of nitrogens with zero attached hydrogens (tertiary/aromatic N) is 2. The van der Waals surface area contributed by atoms with Gasteiger partial charge in [0.05, 0.1) is 12.6 Å². The summed E-state index contributed by atoms with van der Waals surface area (Å²) in [6.07, 6.45) is 1.37. The van der Waals surface area contributed by atoms with Gasteiger partial charge in [-0.2, -0.15) is 0 Å². The minimum Gasteiger partial charge on any atom is -0.392 e. The Balaban J connectivity index is 2.07. The van der Waals surface area contributed by atoms with Crippen molar-refractivity contribution in [1.82, 2.24) is 9.80 Å². The predicted octanol–water partition coefficient (Wildman–Crippen LogP) is 2.41. The van der Waals surface area contributed by atoms with E-state index in [9.17, 15) is 14.3 Å². The Labute approximate surface area is 137 Å². The third-order valence-corrected chi connectivity index (χ3v) is 4.18. The third kappa shape index (κ3) is 5.29. The zero-order valence-electron chi connectivity index (χ0n) is 14.3. The molecule has 1 N–H and O–H groups in total. The molecule has 0 bridgehead atoms. The molecular weight excluding hydrogens is 295 g/mol. The number of piperidine rings is 1. The summed E-state index contributed by atoms with van der Waals surface area (Å²) in [5.74, 6) is -0.279. The Morgan fingerprint density at radius 2 is 2.17 bits per heavy atom. The minimum absolute atomic E-state index is 0.0101. The van der Waals surface area contributed by atoms with Crippen molar-refractivity contribution in [2.45, 2.75) is 51.8 Å². The molecule has 2 rings (SSSR count). The van der Waals surface area contributed by atoms with Gasteiger partial charge in [0.15, 0.2) is 0 Å². The van der Waals surface area contributed by atoms with Crippen LogP contribution in [-0.4, -0.2) is 52.1 Å². The molecule has 1 aliphatic rings. The highest BCUT2D eigenvalue weighted by molar-refractivity contribution is 5.79. The SMILES string of the molecule is CC(C)(C)N(Cc1cccc(F)c1)C(=O)CN1CCCC(O)C1. The van der Waals surface area contributed by atoms with Crippen LogP contribution in [0.4, 0.5) is 4.39 Å². The van der Waals surface area contributed by atoms with E-state index in [0.29, 0.717) is 19.6 Å². The number of hydrogen-bond donors (Lipinski definition) is 1. The van der Waals surface area contributed by atoms with Crippen LogP contribution < -0.4 is 0 Å². The van der Waals surface area contributed by atoms with Crippen LogP contribution in [0.1, 0.15) is 39.2 Å². The number of rotatable bonds is 4. The van der Waals surface area contributed by atoms with Crippen molar-refractivity contribution < 1.29 is 14.3 Å². The summed E-state index contributed by atoms with van der Waals surface area (Å²) < 4.78 is 13.4. The number of halogens is 1. The van der Waals surface area contributed by atoms with Crippen LogP contribution in [0.3, 0.4) is 0 Å². The summed E-state index contributed by atoms with van der Waals surface area (Å²) in [5.41, 5.74) is 0.435. The van der Waals surface area contributed by atoms with Gasteiger partial charge in [-0.3, -0.25) is 9.69 Å². The van der Waals surface area contributed by atoms with Crippen LogP contribution in [0, 0.1) is 5.82 Å². The first kappa shape index (κ1) is 17.9. The lowest BCUT2D eigenvalue weighted by Crippen LogP contribution is -2.51. The second-order valence-corrected chi connectivity index (χ2v) is 7.31. The van der Waals surface area contributed by atoms with Crippen molar-refractivity contribution in [3.63, 3.8) is 0 Å². The highest BCUT2D eigenvalue weighted by atomic mass is 19.1. The molecule has 0 aliphatic carbocycles. The van der Waals surface area contributed by atoms with E-state index in [1.165, 1.54) is 12.1 Å². The first-order valence-corrected chi connectivity index (χ1v) is 8.21. The van der Waals surface area contributed by atoms with Crippen LogP contribution in [-0.2, 0) is 11.3 Å². The summed E-state index contributed by atoms with van der Waals surface area (Å²) in [6, 6.07) is 6.37. The quantitative estimate of drug-likeness (QED) is 0.926. The lowest BCUT2D eigenvalue weighted by molar-refractivity contribution is -0.138. The molecular formula is C18H27FN2O2. The maximum atomic E-state index is 13.4. The molecule has 4 nitrogen and oxygen atoms in total. The maximum Gasteiger partial charge on any atom is 0.237 e. The summed E-state index contributed by atoms with van der Waals surface area (Å²) in [6.45, 7) is 8.00. The molecule has 1 aliphatic heterocycles. The van der Waals surface area contributed by atoms with Gasteiger partial charge in [-0.25, -0.2) is 4.39 Å². The van der Waals surface area contributed by atoms with Crippen molar-refractivity contribution in [2.24, 2.45) is 0 Å². The third-order valence-electron chi connectivity index (χ3n) is 4.18. The van der Waals surface area contributed by atoms with Crippen molar-refractivity contribution in [2.75, 3.05) is 19.6 Å². The number of aliphatic hydroxyl groups excluding tert-OH is 1. The largest absolute Gasteiger partial charge is 0.392 e. The molecule has 1 aromatic rings. The van der Waals surface area contributed by atoms with Crippen LogP contribution in [0.5, 0.6) is 0 Å². The summed E-state index contributed by atoms with van der Waals surface area (Å²) in [7, 11) is 0. The number of carbonyl (C=O) groups is 1. The number of likely N-dealkylation sites (tertiary alicyclic amines) is 1. The van der Waals surface area contributed by atoms with Crippen molar-refractivity contribution >= 4 is 5.91 Å². The van der Waals surface area contributed by atoms with Gasteiger partial charge < -0.3 is 10.0 Å². The molecule has 1 saturated heterocycles. The van der Waals surface area contributed by atoms with Gasteiger partial charge in [0.2, 0.25) is 5.91 Å². The van der Waals surface area contributed by atoms with E-state index >= 15 is 0 Å². The summed E-state index contributed by atoms with van der Waals surface area (Å²) in [4.78, 5) is 16.5. The summed E-state index contributed by atoms with van der Waals surface area (Å²) >= 11 is 0. The average Bonchev–Trinajstić information content (AvgIpc) is 2.43. The van der Waals surface area contributed by atoms with E-state index < -0.39 is 0 Å².